The van der Waals surface area contributed by atoms with E-state index in [0.717, 1.165) is 46.5 Å². The molecular formula is C18H21O6Pb. The Morgan fingerprint density at radius 3 is 1.36 bits per heavy atom. The van der Waals surface area contributed by atoms with E-state index in [4.69, 9.17) is 29.7 Å². The van der Waals surface area contributed by atoms with Crippen LogP contribution in [0, 0.1) is 0 Å². The van der Waals surface area contributed by atoms with E-state index in [0.29, 0.717) is 0 Å². The van der Waals surface area contributed by atoms with Crippen molar-refractivity contribution in [2.45, 2.75) is 20.8 Å². The summed E-state index contributed by atoms with van der Waals surface area (Å²) in [5.41, 5.74) is 2.71. The molecule has 133 valence electrons. The Labute approximate surface area is 162 Å². The Balaban J connectivity index is 0. The van der Waals surface area contributed by atoms with Crippen molar-refractivity contribution >= 4 is 46.8 Å². The number of hydrogen-bond acceptors (Lipinski definition) is 3. The van der Waals surface area contributed by atoms with Gasteiger partial charge in [-0.05, 0) is 0 Å². The van der Waals surface area contributed by atoms with Crippen LogP contribution < -0.4 is 3.12 Å². The number of carbonyl (C=O) groups is 3. The molecule has 0 amide bonds. The van der Waals surface area contributed by atoms with Crippen LogP contribution in [0.25, 0.3) is 11.1 Å². The first-order valence-electron chi connectivity index (χ1n) is 7.02. The Bertz CT molecular complexity index is 615. The molecule has 0 aromatic heterocycles. The van der Waals surface area contributed by atoms with Crippen LogP contribution in [0.5, 0.6) is 0 Å². The van der Waals surface area contributed by atoms with Crippen molar-refractivity contribution in [1.82, 2.24) is 0 Å². The topological polar surface area (TPSA) is 112 Å². The van der Waals surface area contributed by atoms with Crippen molar-refractivity contribution in [2.24, 2.45) is 0 Å². The monoisotopic (exact) mass is 541 g/mol. The van der Waals surface area contributed by atoms with Gasteiger partial charge in [0, 0.05) is 20.8 Å². The summed E-state index contributed by atoms with van der Waals surface area (Å²) in [4.78, 5) is 27.0. The van der Waals surface area contributed by atoms with Crippen molar-refractivity contribution < 1.29 is 29.7 Å². The molecule has 3 N–H and O–H groups in total. The molecule has 2 aromatic rings. The van der Waals surface area contributed by atoms with E-state index in [1.165, 1.54) is 14.2 Å². The first-order valence-corrected chi connectivity index (χ1v) is 8.96. The van der Waals surface area contributed by atoms with Gasteiger partial charge in [-0.3, -0.25) is 14.4 Å². The van der Waals surface area contributed by atoms with Crippen LogP contribution in [0.1, 0.15) is 20.8 Å². The van der Waals surface area contributed by atoms with Crippen LogP contribution in [0.2, 0.25) is 0 Å². The van der Waals surface area contributed by atoms with E-state index in [9.17, 15) is 0 Å². The summed E-state index contributed by atoms with van der Waals surface area (Å²) in [5, 5.41) is 22.2. The maximum absolute atomic E-state index is 9.00. The van der Waals surface area contributed by atoms with E-state index in [2.05, 4.69) is 54.6 Å². The van der Waals surface area contributed by atoms with Crippen molar-refractivity contribution in [3.63, 3.8) is 0 Å². The predicted octanol–water partition coefficient (Wildman–Crippen LogP) is 2.42. The molecule has 0 unspecified atom stereocenters. The molecule has 0 fully saturated rings. The number of benzene rings is 2. The summed E-state index contributed by atoms with van der Waals surface area (Å²) in [5.74, 6) is -2.50. The second-order valence-corrected chi connectivity index (χ2v) is 6.56. The van der Waals surface area contributed by atoms with Gasteiger partial charge in [0.2, 0.25) is 0 Å². The summed E-state index contributed by atoms with van der Waals surface area (Å²) in [6.45, 7) is 3.25. The average molecular weight is 541 g/mol. The van der Waals surface area contributed by atoms with Crippen LogP contribution >= 0.6 is 0 Å². The summed E-state index contributed by atoms with van der Waals surface area (Å²) < 4.78 is 1.47. The third-order valence-corrected chi connectivity index (χ3v) is 3.71. The van der Waals surface area contributed by atoms with Crippen LogP contribution in [0.4, 0.5) is 0 Å². The zero-order chi connectivity index (χ0) is 19.8. The fourth-order valence-electron chi connectivity index (χ4n) is 1.35. The molecule has 0 saturated carbocycles. The molecular weight excluding hydrogens is 519 g/mol. The molecule has 6 nitrogen and oxygen atoms in total. The molecule has 0 spiro atoms. The zero-order valence-electron chi connectivity index (χ0n) is 14.3. The van der Waals surface area contributed by atoms with Crippen molar-refractivity contribution in [3.05, 3.63) is 54.6 Å². The van der Waals surface area contributed by atoms with Gasteiger partial charge in [-0.2, -0.15) is 0 Å². The molecule has 0 bridgehead atoms. The van der Waals surface area contributed by atoms with E-state index in [1.807, 2.05) is 0 Å². The molecule has 2 aromatic carbocycles. The number of carboxylic acids is 3. The fraction of sp³-hybridized carbons (Fsp3) is 0.167. The molecule has 0 heterocycles. The first-order chi connectivity index (χ1) is 11.6. The quantitative estimate of drug-likeness (QED) is 0.479. The van der Waals surface area contributed by atoms with Gasteiger partial charge >= 0.3 is 94.6 Å². The van der Waals surface area contributed by atoms with Gasteiger partial charge in [0.15, 0.2) is 0 Å². The van der Waals surface area contributed by atoms with Gasteiger partial charge in [-0.25, -0.2) is 0 Å². The normalized spacial score (nSPS) is 8.16. The molecule has 0 aliphatic heterocycles. The van der Waals surface area contributed by atoms with Gasteiger partial charge in [-0.15, -0.1) is 0 Å². The fourth-order valence-corrected chi connectivity index (χ4v) is 2.61. The first kappa shape index (κ1) is 25.0. The Kier molecular flexibility index (Phi) is 15.3. The van der Waals surface area contributed by atoms with Crippen LogP contribution in [-0.4, -0.2) is 59.0 Å². The second-order valence-electron chi connectivity index (χ2n) is 4.47. The molecule has 7 heteroatoms. The minimum absolute atomic E-state index is 0.833. The summed E-state index contributed by atoms with van der Waals surface area (Å²) in [6, 6.07) is 19.2. The number of carboxylic acid groups (broad SMARTS) is 3. The molecule has 0 aliphatic carbocycles. The standard InChI is InChI=1S/C12H9.3C2H4O2.Pb/c1-3-7-11(8-4-1)12-9-5-2-6-10-12;3*1-2(3)4;/h1-9H;3*1H3,(H,3,4);. The summed E-state index contributed by atoms with van der Waals surface area (Å²) >= 11 is 1.11. The van der Waals surface area contributed by atoms with Gasteiger partial charge in [0.25, 0.3) is 17.9 Å². The SMILES string of the molecule is CC(=O)O.CC(=O)O.CC(=O)O.[Pb][c]1ccccc1-c1ccccc1. The Hall–Kier alpha value is -2.23. The van der Waals surface area contributed by atoms with Gasteiger partial charge in [-0.1, -0.05) is 0 Å². The van der Waals surface area contributed by atoms with Crippen LogP contribution in [0.15, 0.2) is 54.6 Å². The van der Waals surface area contributed by atoms with Crippen LogP contribution in [-0.2, 0) is 14.4 Å². The Morgan fingerprint density at radius 2 is 1.00 bits per heavy atom. The molecule has 0 atom stereocenters. The predicted molar refractivity (Wildman–Crippen MR) is 97.2 cm³/mol. The van der Waals surface area contributed by atoms with E-state index in [1.54, 1.807) is 0 Å². The van der Waals surface area contributed by atoms with E-state index >= 15 is 0 Å². The van der Waals surface area contributed by atoms with Crippen molar-refractivity contribution in [1.29, 1.82) is 0 Å². The third-order valence-electron chi connectivity index (χ3n) is 2.01. The molecule has 0 aliphatic rings. The summed E-state index contributed by atoms with van der Waals surface area (Å²) in [6.07, 6.45) is 0. The molecule has 0 saturated heterocycles. The van der Waals surface area contributed by atoms with Crippen molar-refractivity contribution in [3.8, 4) is 11.1 Å². The minimum atomic E-state index is -0.833. The van der Waals surface area contributed by atoms with Gasteiger partial charge in [0.05, 0.1) is 0 Å². The van der Waals surface area contributed by atoms with E-state index < -0.39 is 17.9 Å². The van der Waals surface area contributed by atoms with Crippen molar-refractivity contribution in [2.75, 3.05) is 0 Å². The molecule has 25 heavy (non-hydrogen) atoms. The third kappa shape index (κ3) is 19.7. The number of hydrogen-bond donors (Lipinski definition) is 3. The zero-order valence-corrected chi connectivity index (χ0v) is 18.2. The average Bonchev–Trinajstić information content (AvgIpc) is 2.47. The second kappa shape index (κ2) is 15.3. The van der Waals surface area contributed by atoms with Gasteiger partial charge < -0.3 is 15.3 Å². The van der Waals surface area contributed by atoms with E-state index in [-0.39, 0.29) is 0 Å². The molecule has 2 rings (SSSR count). The van der Waals surface area contributed by atoms with Gasteiger partial charge in [0.1, 0.15) is 0 Å². The Morgan fingerprint density at radius 1 is 0.680 bits per heavy atom. The summed E-state index contributed by atoms with van der Waals surface area (Å²) in [7, 11) is 0. The number of rotatable bonds is 1. The maximum atomic E-state index is 9.00. The van der Waals surface area contributed by atoms with Crippen LogP contribution in [0.3, 0.4) is 0 Å². The molecule has 3 radical (unpaired) electrons. The number of aliphatic carboxylic acids is 3.